The molecule has 10 aromatic rings. The smallest absolute Gasteiger partial charge is 0.0181 e. The van der Waals surface area contributed by atoms with E-state index in [1.807, 2.05) is 0 Å². The van der Waals surface area contributed by atoms with Gasteiger partial charge in [-0.2, -0.15) is 0 Å². The molecule has 0 nitrogen and oxygen atoms in total. The predicted octanol–water partition coefficient (Wildman–Crippen LogP) is 17.7. The van der Waals surface area contributed by atoms with Gasteiger partial charge in [0.15, 0.2) is 0 Å². The van der Waals surface area contributed by atoms with Crippen LogP contribution in [-0.2, 0) is 0 Å². The van der Waals surface area contributed by atoms with Crippen molar-refractivity contribution in [3.63, 3.8) is 0 Å². The second-order valence-electron chi connectivity index (χ2n) is 13.7. The Labute approximate surface area is 360 Å². The van der Waals surface area contributed by atoms with Gasteiger partial charge < -0.3 is 0 Å². The number of hydrogen-bond donors (Lipinski definition) is 0. The van der Waals surface area contributed by atoms with Crippen LogP contribution in [-0.4, -0.2) is 0 Å². The molecule has 0 unspecified atom stereocenters. The molecule has 10 rings (SSSR count). The standard InChI is InChI=1S/2C26H16Br2/c2*27-19-11-13-21-23(15-19)26(18-9-5-2-6-10-18)24-16-20(28)12-14-22(24)25(21)17-7-3-1-4-8-17/h2*1-16H. The SMILES string of the molecule is Brc1ccc2c(-c3ccccc3)c3ccc(Br)cc3c(-c3ccccc3)c2c1.Brc1ccc2c(-c3ccccc3)c3ccc(Br)cc3c(-c3ccccc3)c2c1. The Morgan fingerprint density at radius 1 is 0.196 bits per heavy atom. The Morgan fingerprint density at radius 2 is 0.393 bits per heavy atom. The maximum Gasteiger partial charge on any atom is 0.0181 e. The fourth-order valence-electron chi connectivity index (χ4n) is 8.01. The molecule has 0 saturated heterocycles. The zero-order valence-corrected chi connectivity index (χ0v) is 36.3. The molecule has 56 heavy (non-hydrogen) atoms. The maximum atomic E-state index is 3.69. The Morgan fingerprint density at radius 3 is 0.607 bits per heavy atom. The Kier molecular flexibility index (Phi) is 10.5. The molecule has 268 valence electrons. The second kappa shape index (κ2) is 16.0. The molecule has 0 amide bonds. The minimum Gasteiger partial charge on any atom is -0.0622 e. The van der Waals surface area contributed by atoms with E-state index in [1.54, 1.807) is 0 Å². The Balaban J connectivity index is 0.000000146. The van der Waals surface area contributed by atoms with E-state index in [9.17, 15) is 0 Å². The molecule has 0 aromatic heterocycles. The van der Waals surface area contributed by atoms with Gasteiger partial charge in [-0.25, -0.2) is 0 Å². The van der Waals surface area contributed by atoms with Crippen LogP contribution in [0.5, 0.6) is 0 Å². The molecule has 0 spiro atoms. The molecule has 0 aliphatic carbocycles. The minimum atomic E-state index is 1.09. The summed E-state index contributed by atoms with van der Waals surface area (Å²) in [6, 6.07) is 69.1. The van der Waals surface area contributed by atoms with Crippen LogP contribution >= 0.6 is 63.7 Å². The van der Waals surface area contributed by atoms with Crippen LogP contribution in [0.4, 0.5) is 0 Å². The summed E-state index contributed by atoms with van der Waals surface area (Å²) >= 11 is 14.8. The predicted molar refractivity (Wildman–Crippen MR) is 255 cm³/mol. The summed E-state index contributed by atoms with van der Waals surface area (Å²) in [5, 5.41) is 10.1. The highest BCUT2D eigenvalue weighted by atomic mass is 79.9. The lowest BCUT2D eigenvalue weighted by atomic mass is 9.86. The molecule has 0 bridgehead atoms. The third kappa shape index (κ3) is 7.05. The van der Waals surface area contributed by atoms with Crippen LogP contribution in [0, 0.1) is 0 Å². The first-order valence-corrected chi connectivity index (χ1v) is 21.5. The first-order valence-electron chi connectivity index (χ1n) is 18.4. The van der Waals surface area contributed by atoms with E-state index in [2.05, 4.69) is 258 Å². The van der Waals surface area contributed by atoms with Crippen LogP contribution in [0.15, 0.2) is 212 Å². The van der Waals surface area contributed by atoms with Crippen molar-refractivity contribution in [1.82, 2.24) is 0 Å². The number of rotatable bonds is 4. The lowest BCUT2D eigenvalue weighted by molar-refractivity contribution is 1.63. The van der Waals surface area contributed by atoms with Gasteiger partial charge in [-0.3, -0.25) is 0 Å². The normalized spacial score (nSPS) is 11.2. The lowest BCUT2D eigenvalue weighted by Gasteiger charge is -2.18. The van der Waals surface area contributed by atoms with E-state index in [4.69, 9.17) is 0 Å². The van der Waals surface area contributed by atoms with Gasteiger partial charge in [0.25, 0.3) is 0 Å². The molecule has 0 saturated carbocycles. The maximum absolute atomic E-state index is 3.69. The van der Waals surface area contributed by atoms with Crippen molar-refractivity contribution >= 4 is 107 Å². The minimum absolute atomic E-state index is 1.09. The highest BCUT2D eigenvalue weighted by molar-refractivity contribution is 9.11. The van der Waals surface area contributed by atoms with Crippen molar-refractivity contribution in [1.29, 1.82) is 0 Å². The van der Waals surface area contributed by atoms with Gasteiger partial charge in [0.05, 0.1) is 0 Å². The van der Waals surface area contributed by atoms with Crippen molar-refractivity contribution in [2.24, 2.45) is 0 Å². The van der Waals surface area contributed by atoms with Gasteiger partial charge in [-0.05, 0) is 136 Å². The van der Waals surface area contributed by atoms with E-state index < -0.39 is 0 Å². The summed E-state index contributed by atoms with van der Waals surface area (Å²) in [6.07, 6.45) is 0. The molecule has 4 heteroatoms. The van der Waals surface area contributed by atoms with Crippen LogP contribution in [0.2, 0.25) is 0 Å². The van der Waals surface area contributed by atoms with Gasteiger partial charge in [0.1, 0.15) is 0 Å². The summed E-state index contributed by atoms with van der Waals surface area (Å²) in [5.74, 6) is 0. The number of halogens is 4. The van der Waals surface area contributed by atoms with E-state index in [1.165, 1.54) is 87.6 Å². The van der Waals surface area contributed by atoms with Gasteiger partial charge >= 0.3 is 0 Å². The van der Waals surface area contributed by atoms with Gasteiger partial charge in [-0.1, -0.05) is 209 Å². The second-order valence-corrected chi connectivity index (χ2v) is 17.4. The van der Waals surface area contributed by atoms with E-state index in [-0.39, 0.29) is 0 Å². The number of benzene rings is 10. The molecular weight excluding hydrogens is 944 g/mol. The average molecular weight is 976 g/mol. The van der Waals surface area contributed by atoms with Gasteiger partial charge in [0, 0.05) is 17.9 Å². The first kappa shape index (κ1) is 36.8. The molecule has 0 aliphatic heterocycles. The zero-order chi connectivity index (χ0) is 38.2. The van der Waals surface area contributed by atoms with Gasteiger partial charge in [0.2, 0.25) is 0 Å². The third-order valence-electron chi connectivity index (χ3n) is 10.3. The third-order valence-corrected chi connectivity index (χ3v) is 12.3. The molecule has 10 aromatic carbocycles. The highest BCUT2D eigenvalue weighted by Gasteiger charge is 2.19. The van der Waals surface area contributed by atoms with Crippen molar-refractivity contribution in [2.75, 3.05) is 0 Å². The summed E-state index contributed by atoms with van der Waals surface area (Å²) < 4.78 is 4.35. The molecular formula is C52H32Br4. The van der Waals surface area contributed by atoms with E-state index in [0.29, 0.717) is 0 Å². The molecule has 0 radical (unpaired) electrons. The molecule has 0 fully saturated rings. The Bertz CT molecular complexity index is 2700. The Hall–Kier alpha value is -4.84. The van der Waals surface area contributed by atoms with Crippen LogP contribution in [0.25, 0.3) is 87.6 Å². The van der Waals surface area contributed by atoms with Crippen molar-refractivity contribution in [2.45, 2.75) is 0 Å². The quantitative estimate of drug-likeness (QED) is 0.154. The lowest BCUT2D eigenvalue weighted by Crippen LogP contribution is -1.91. The highest BCUT2D eigenvalue weighted by Crippen LogP contribution is 2.46. The molecule has 0 atom stereocenters. The monoisotopic (exact) mass is 972 g/mol. The fraction of sp³-hybridized carbons (Fsp3) is 0. The van der Waals surface area contributed by atoms with Crippen LogP contribution in [0.3, 0.4) is 0 Å². The largest absolute Gasteiger partial charge is 0.0622 e. The number of fused-ring (bicyclic) bond motifs is 4. The topological polar surface area (TPSA) is 0 Å². The summed E-state index contributed by atoms with van der Waals surface area (Å²) in [7, 11) is 0. The van der Waals surface area contributed by atoms with E-state index >= 15 is 0 Å². The van der Waals surface area contributed by atoms with E-state index in [0.717, 1.165) is 17.9 Å². The first-order chi connectivity index (χ1) is 27.4. The van der Waals surface area contributed by atoms with Crippen molar-refractivity contribution in [3.05, 3.63) is 212 Å². The molecule has 0 N–H and O–H groups in total. The summed E-state index contributed by atoms with van der Waals surface area (Å²) in [4.78, 5) is 0. The molecule has 0 heterocycles. The average Bonchev–Trinajstić information content (AvgIpc) is 3.23. The van der Waals surface area contributed by atoms with Crippen molar-refractivity contribution in [3.8, 4) is 44.5 Å². The summed E-state index contributed by atoms with van der Waals surface area (Å²) in [6.45, 7) is 0. The summed E-state index contributed by atoms with van der Waals surface area (Å²) in [5.41, 5.74) is 10.0. The van der Waals surface area contributed by atoms with Crippen molar-refractivity contribution < 1.29 is 0 Å². The fourth-order valence-corrected chi connectivity index (χ4v) is 9.45. The number of hydrogen-bond acceptors (Lipinski definition) is 0. The molecule has 0 aliphatic rings. The van der Waals surface area contributed by atoms with Gasteiger partial charge in [-0.15, -0.1) is 0 Å². The van der Waals surface area contributed by atoms with Crippen LogP contribution in [0.1, 0.15) is 0 Å². The zero-order valence-electron chi connectivity index (χ0n) is 30.0. The van der Waals surface area contributed by atoms with Crippen LogP contribution < -0.4 is 0 Å².